The van der Waals surface area contributed by atoms with Gasteiger partial charge < -0.3 is 4.90 Å². The summed E-state index contributed by atoms with van der Waals surface area (Å²) in [6.07, 6.45) is 0. The van der Waals surface area contributed by atoms with Gasteiger partial charge in [0.15, 0.2) is 0 Å². The second kappa shape index (κ2) is 13.9. The molecule has 0 bridgehead atoms. The second-order valence-corrected chi connectivity index (χ2v) is 15.3. The Hall–Kier alpha value is -6.74. The SMILES string of the molecule is Cc1cccc2sc3cc(N(c4ccc(-c5cc6ccccc6cc5-c5ccccc5)cc4)c4ccc(-c5ccccc5)cc4-c4ccccc4)ccc3c12. The highest BCUT2D eigenvalue weighted by molar-refractivity contribution is 7.25. The summed E-state index contributed by atoms with van der Waals surface area (Å²) >= 11 is 1.87. The summed E-state index contributed by atoms with van der Waals surface area (Å²) in [7, 11) is 0. The number of nitrogens with zero attached hydrogens (tertiary/aromatic N) is 1. The maximum atomic E-state index is 2.44. The Balaban J connectivity index is 1.17. The molecule has 0 fully saturated rings. The predicted molar refractivity (Wildman–Crippen MR) is 238 cm³/mol. The molecule has 0 saturated carbocycles. The summed E-state index contributed by atoms with van der Waals surface area (Å²) in [5, 5.41) is 5.14. The minimum atomic E-state index is 1.10. The lowest BCUT2D eigenvalue weighted by molar-refractivity contribution is 1.29. The molecule has 55 heavy (non-hydrogen) atoms. The first-order chi connectivity index (χ1) is 27.2. The first kappa shape index (κ1) is 32.9. The van der Waals surface area contributed by atoms with Crippen LogP contribution in [0.25, 0.3) is 75.5 Å². The van der Waals surface area contributed by atoms with Gasteiger partial charge in [-0.25, -0.2) is 0 Å². The molecule has 0 aliphatic rings. The topological polar surface area (TPSA) is 3.24 Å². The number of benzene rings is 9. The fraction of sp³-hybridized carbons (Fsp3) is 0.0189. The van der Waals surface area contributed by atoms with Crippen molar-refractivity contribution < 1.29 is 0 Å². The van der Waals surface area contributed by atoms with Crippen LogP contribution < -0.4 is 4.90 Å². The van der Waals surface area contributed by atoms with Gasteiger partial charge in [0.1, 0.15) is 0 Å². The predicted octanol–water partition coefficient (Wildman–Crippen LogP) is 15.7. The summed E-state index contributed by atoms with van der Waals surface area (Å²) in [6.45, 7) is 2.22. The maximum Gasteiger partial charge on any atom is 0.0540 e. The Labute approximate surface area is 326 Å². The molecule has 0 N–H and O–H groups in total. The quantitative estimate of drug-likeness (QED) is 0.159. The summed E-state index contributed by atoms with van der Waals surface area (Å²) < 4.78 is 2.61. The third kappa shape index (κ3) is 6.07. The van der Waals surface area contributed by atoms with Crippen LogP contribution in [-0.2, 0) is 0 Å². The van der Waals surface area contributed by atoms with Crippen LogP contribution >= 0.6 is 11.3 Å². The van der Waals surface area contributed by atoms with Crippen molar-refractivity contribution in [1.29, 1.82) is 0 Å². The van der Waals surface area contributed by atoms with Crippen LogP contribution in [0.5, 0.6) is 0 Å². The summed E-state index contributed by atoms with van der Waals surface area (Å²) in [5.74, 6) is 0. The van der Waals surface area contributed by atoms with Crippen molar-refractivity contribution in [2.45, 2.75) is 6.92 Å². The van der Waals surface area contributed by atoms with E-state index in [0.717, 1.165) is 17.1 Å². The molecule has 1 heterocycles. The Morgan fingerprint density at radius 1 is 0.364 bits per heavy atom. The lowest BCUT2D eigenvalue weighted by atomic mass is 9.91. The number of fused-ring (bicyclic) bond motifs is 4. The highest BCUT2D eigenvalue weighted by atomic mass is 32.1. The van der Waals surface area contributed by atoms with Gasteiger partial charge in [-0.1, -0.05) is 152 Å². The molecule has 0 spiro atoms. The lowest BCUT2D eigenvalue weighted by Gasteiger charge is -2.29. The number of anilines is 3. The number of hydrogen-bond donors (Lipinski definition) is 0. The zero-order valence-electron chi connectivity index (χ0n) is 30.5. The van der Waals surface area contributed by atoms with Gasteiger partial charge in [0.2, 0.25) is 0 Å². The van der Waals surface area contributed by atoms with Crippen molar-refractivity contribution in [3.05, 3.63) is 212 Å². The Morgan fingerprint density at radius 2 is 0.909 bits per heavy atom. The van der Waals surface area contributed by atoms with Crippen LogP contribution in [0.3, 0.4) is 0 Å². The highest BCUT2D eigenvalue weighted by Crippen LogP contribution is 2.46. The van der Waals surface area contributed by atoms with Gasteiger partial charge in [-0.15, -0.1) is 11.3 Å². The first-order valence-corrected chi connectivity index (χ1v) is 19.7. The largest absolute Gasteiger partial charge is 0.310 e. The Morgan fingerprint density at radius 3 is 1.56 bits per heavy atom. The van der Waals surface area contributed by atoms with Crippen LogP contribution in [-0.4, -0.2) is 0 Å². The number of hydrogen-bond acceptors (Lipinski definition) is 2. The number of aryl methyl sites for hydroxylation is 1. The molecule has 0 aliphatic carbocycles. The molecule has 0 saturated heterocycles. The summed E-state index contributed by atoms with van der Waals surface area (Å²) in [4.78, 5) is 2.44. The van der Waals surface area contributed by atoms with Crippen molar-refractivity contribution in [3.63, 3.8) is 0 Å². The number of thiophene rings is 1. The highest BCUT2D eigenvalue weighted by Gasteiger charge is 2.20. The third-order valence-corrected chi connectivity index (χ3v) is 11.9. The molecule has 260 valence electrons. The molecule has 0 atom stereocenters. The molecule has 0 amide bonds. The van der Waals surface area contributed by atoms with Crippen LogP contribution in [0.4, 0.5) is 17.1 Å². The summed E-state index contributed by atoms with van der Waals surface area (Å²) in [5.41, 5.74) is 14.3. The van der Waals surface area contributed by atoms with Crippen molar-refractivity contribution in [2.24, 2.45) is 0 Å². The minimum Gasteiger partial charge on any atom is -0.310 e. The van der Waals surface area contributed by atoms with E-state index in [2.05, 4.69) is 218 Å². The van der Waals surface area contributed by atoms with Crippen LogP contribution in [0.2, 0.25) is 0 Å². The molecular formula is C53H37NS. The number of rotatable bonds is 7. The van der Waals surface area contributed by atoms with Gasteiger partial charge in [0.25, 0.3) is 0 Å². The van der Waals surface area contributed by atoms with Crippen LogP contribution in [0.15, 0.2) is 206 Å². The molecule has 0 unspecified atom stereocenters. The normalized spacial score (nSPS) is 11.4. The van der Waals surface area contributed by atoms with Gasteiger partial charge in [0.05, 0.1) is 5.69 Å². The fourth-order valence-corrected chi connectivity index (χ4v) is 9.29. The van der Waals surface area contributed by atoms with Gasteiger partial charge >= 0.3 is 0 Å². The molecule has 0 radical (unpaired) electrons. The molecule has 10 rings (SSSR count). The first-order valence-electron chi connectivity index (χ1n) is 18.8. The van der Waals surface area contributed by atoms with E-state index in [1.165, 1.54) is 81.0 Å². The Bertz CT molecular complexity index is 2960. The van der Waals surface area contributed by atoms with Crippen molar-refractivity contribution in [2.75, 3.05) is 4.90 Å². The van der Waals surface area contributed by atoms with Crippen molar-refractivity contribution in [3.8, 4) is 44.5 Å². The van der Waals surface area contributed by atoms with Crippen molar-refractivity contribution in [1.82, 2.24) is 0 Å². The summed E-state index contributed by atoms with van der Waals surface area (Å²) in [6, 6.07) is 75.3. The monoisotopic (exact) mass is 719 g/mol. The third-order valence-electron chi connectivity index (χ3n) is 10.8. The van der Waals surface area contributed by atoms with E-state index in [0.29, 0.717) is 0 Å². The van der Waals surface area contributed by atoms with Gasteiger partial charge in [-0.05, 0) is 117 Å². The molecular weight excluding hydrogens is 683 g/mol. The minimum absolute atomic E-state index is 1.10. The van der Waals surface area contributed by atoms with Crippen LogP contribution in [0, 0.1) is 6.92 Å². The van der Waals surface area contributed by atoms with E-state index >= 15 is 0 Å². The second-order valence-electron chi connectivity index (χ2n) is 14.2. The molecule has 1 aromatic heterocycles. The molecule has 10 aromatic rings. The van der Waals surface area contributed by atoms with E-state index in [1.807, 2.05) is 11.3 Å². The molecule has 9 aromatic carbocycles. The van der Waals surface area contributed by atoms with E-state index in [4.69, 9.17) is 0 Å². The van der Waals surface area contributed by atoms with Gasteiger partial charge in [-0.2, -0.15) is 0 Å². The van der Waals surface area contributed by atoms with Gasteiger partial charge in [-0.3, -0.25) is 0 Å². The van der Waals surface area contributed by atoms with Crippen molar-refractivity contribution >= 4 is 59.3 Å². The van der Waals surface area contributed by atoms with E-state index in [-0.39, 0.29) is 0 Å². The zero-order valence-corrected chi connectivity index (χ0v) is 31.3. The lowest BCUT2D eigenvalue weighted by Crippen LogP contribution is -2.11. The Kier molecular flexibility index (Phi) is 8.32. The zero-order chi connectivity index (χ0) is 36.7. The van der Waals surface area contributed by atoms with E-state index < -0.39 is 0 Å². The molecule has 2 heteroatoms. The maximum absolute atomic E-state index is 2.44. The smallest absolute Gasteiger partial charge is 0.0540 e. The van der Waals surface area contributed by atoms with E-state index in [1.54, 1.807) is 0 Å². The van der Waals surface area contributed by atoms with E-state index in [9.17, 15) is 0 Å². The van der Waals surface area contributed by atoms with Gasteiger partial charge in [0, 0.05) is 37.1 Å². The average molecular weight is 720 g/mol. The fourth-order valence-electron chi connectivity index (χ4n) is 8.07. The van der Waals surface area contributed by atoms with Crippen LogP contribution in [0.1, 0.15) is 5.56 Å². The molecule has 1 nitrogen and oxygen atoms in total. The molecule has 0 aliphatic heterocycles. The average Bonchev–Trinajstić information content (AvgIpc) is 3.64. The standard InChI is InChI=1S/C53H37NS/c1-36-14-13-23-51-53(36)46-30-29-45(35-52(46)55-51)54(50-31-26-43(37-15-5-2-6-16-37)34-49(50)39-19-9-4-10-20-39)44-27-24-40(25-28-44)48-33-42-22-12-11-21-41(42)32-47(48)38-17-7-3-8-18-38/h2-35H,1H3.